The largest absolute Gasteiger partial charge is 0.368 e. The van der Waals surface area contributed by atoms with Crippen LogP contribution in [-0.2, 0) is 0 Å². The second-order valence-corrected chi connectivity index (χ2v) is 5.85. The van der Waals surface area contributed by atoms with Crippen LogP contribution in [0, 0.1) is 6.92 Å². The summed E-state index contributed by atoms with van der Waals surface area (Å²) in [7, 11) is 0. The van der Waals surface area contributed by atoms with Gasteiger partial charge in [-0.1, -0.05) is 0 Å². The van der Waals surface area contributed by atoms with E-state index in [0.29, 0.717) is 0 Å². The molecule has 0 radical (unpaired) electrons. The van der Waals surface area contributed by atoms with Crippen molar-refractivity contribution in [1.29, 1.82) is 0 Å². The molecule has 0 amide bonds. The van der Waals surface area contributed by atoms with Gasteiger partial charge >= 0.3 is 0 Å². The highest BCUT2D eigenvalue weighted by atomic mass is 15.3. The van der Waals surface area contributed by atoms with Crippen LogP contribution in [0.5, 0.6) is 0 Å². The summed E-state index contributed by atoms with van der Waals surface area (Å²) in [6.45, 7) is 6.97. The molecular weight excluding hydrogens is 278 g/mol. The maximum absolute atomic E-state index is 4.67. The summed E-state index contributed by atoms with van der Waals surface area (Å²) in [6, 6.07) is 2.21. The van der Waals surface area contributed by atoms with Gasteiger partial charge in [-0.25, -0.2) is 14.6 Å². The molecule has 1 aliphatic rings. The molecule has 7 nitrogen and oxygen atoms in total. The fourth-order valence-electron chi connectivity index (χ4n) is 2.67. The zero-order valence-electron chi connectivity index (χ0n) is 13.2. The SMILES string of the molecule is Cc1cc(NCC(C)n2cncn2)nc(N2CCCCC2)n1. The van der Waals surface area contributed by atoms with E-state index in [1.165, 1.54) is 19.3 Å². The van der Waals surface area contributed by atoms with Gasteiger partial charge in [0.05, 0.1) is 6.04 Å². The number of piperidine rings is 1. The molecule has 22 heavy (non-hydrogen) atoms. The van der Waals surface area contributed by atoms with Crippen molar-refractivity contribution in [2.24, 2.45) is 0 Å². The van der Waals surface area contributed by atoms with Crippen molar-refractivity contribution in [2.75, 3.05) is 29.9 Å². The van der Waals surface area contributed by atoms with Gasteiger partial charge in [0.15, 0.2) is 0 Å². The number of rotatable bonds is 5. The van der Waals surface area contributed by atoms with Crippen LogP contribution in [0.4, 0.5) is 11.8 Å². The van der Waals surface area contributed by atoms with Crippen molar-refractivity contribution in [1.82, 2.24) is 24.7 Å². The Balaban J connectivity index is 1.66. The molecule has 7 heteroatoms. The van der Waals surface area contributed by atoms with Crippen LogP contribution in [0.25, 0.3) is 0 Å². The number of hydrogen-bond donors (Lipinski definition) is 1. The Bertz CT molecular complexity index is 590. The van der Waals surface area contributed by atoms with Crippen LogP contribution >= 0.6 is 0 Å². The van der Waals surface area contributed by atoms with E-state index in [4.69, 9.17) is 0 Å². The van der Waals surface area contributed by atoms with E-state index in [1.54, 1.807) is 12.7 Å². The minimum absolute atomic E-state index is 0.219. The Morgan fingerprint density at radius 1 is 1.23 bits per heavy atom. The Morgan fingerprint density at radius 3 is 2.77 bits per heavy atom. The predicted octanol–water partition coefficient (Wildman–Crippen LogP) is 2.04. The summed E-state index contributed by atoms with van der Waals surface area (Å²) >= 11 is 0. The second-order valence-electron chi connectivity index (χ2n) is 5.85. The van der Waals surface area contributed by atoms with Gasteiger partial charge in [0.25, 0.3) is 0 Å². The first-order chi connectivity index (χ1) is 10.7. The lowest BCUT2D eigenvalue weighted by Gasteiger charge is -2.27. The lowest BCUT2D eigenvalue weighted by molar-refractivity contribution is 0.510. The quantitative estimate of drug-likeness (QED) is 0.911. The molecule has 2 aromatic heterocycles. The molecule has 3 rings (SSSR count). The van der Waals surface area contributed by atoms with Crippen molar-refractivity contribution >= 4 is 11.8 Å². The van der Waals surface area contributed by atoms with Gasteiger partial charge in [0.1, 0.15) is 18.5 Å². The highest BCUT2D eigenvalue weighted by Crippen LogP contribution is 2.18. The molecule has 0 saturated carbocycles. The topological polar surface area (TPSA) is 71.8 Å². The molecule has 1 unspecified atom stereocenters. The first-order valence-electron chi connectivity index (χ1n) is 7.91. The molecule has 0 spiro atoms. The van der Waals surface area contributed by atoms with E-state index in [1.807, 2.05) is 17.7 Å². The molecule has 1 atom stereocenters. The summed E-state index contributed by atoms with van der Waals surface area (Å²) in [5.74, 6) is 1.72. The maximum atomic E-state index is 4.67. The van der Waals surface area contributed by atoms with Crippen LogP contribution in [0.15, 0.2) is 18.7 Å². The van der Waals surface area contributed by atoms with Crippen LogP contribution in [0.3, 0.4) is 0 Å². The summed E-state index contributed by atoms with van der Waals surface area (Å²) in [6.07, 6.45) is 7.05. The van der Waals surface area contributed by atoms with Crippen molar-refractivity contribution in [3.05, 3.63) is 24.4 Å². The summed E-state index contributed by atoms with van der Waals surface area (Å²) < 4.78 is 1.84. The molecule has 2 aromatic rings. The zero-order chi connectivity index (χ0) is 15.4. The third kappa shape index (κ3) is 3.52. The number of aromatic nitrogens is 5. The number of nitrogens with zero attached hydrogens (tertiary/aromatic N) is 6. The van der Waals surface area contributed by atoms with Gasteiger partial charge in [0, 0.05) is 31.4 Å². The number of nitrogens with one attached hydrogen (secondary N) is 1. The Kier molecular flexibility index (Phi) is 4.50. The molecule has 0 aliphatic carbocycles. The highest BCUT2D eigenvalue weighted by Gasteiger charge is 2.15. The predicted molar refractivity (Wildman–Crippen MR) is 86.1 cm³/mol. The lowest BCUT2D eigenvalue weighted by Crippen LogP contribution is -2.31. The summed E-state index contributed by atoms with van der Waals surface area (Å²) in [4.78, 5) is 15.5. The average Bonchev–Trinajstić information content (AvgIpc) is 3.07. The van der Waals surface area contributed by atoms with Gasteiger partial charge in [-0.05, 0) is 33.1 Å². The molecule has 1 saturated heterocycles. The van der Waals surface area contributed by atoms with Crippen LogP contribution in [0.1, 0.15) is 37.9 Å². The third-order valence-electron chi connectivity index (χ3n) is 3.95. The fourth-order valence-corrected chi connectivity index (χ4v) is 2.67. The van der Waals surface area contributed by atoms with Gasteiger partial charge < -0.3 is 10.2 Å². The number of hydrogen-bond acceptors (Lipinski definition) is 6. The lowest BCUT2D eigenvalue weighted by atomic mass is 10.1. The normalized spacial score (nSPS) is 16.5. The summed E-state index contributed by atoms with van der Waals surface area (Å²) in [5.41, 5.74) is 0.992. The molecule has 1 fully saturated rings. The molecule has 0 aromatic carbocycles. The first kappa shape index (κ1) is 14.7. The van der Waals surface area contributed by atoms with E-state index >= 15 is 0 Å². The molecule has 1 aliphatic heterocycles. The first-order valence-corrected chi connectivity index (χ1v) is 7.91. The van der Waals surface area contributed by atoms with Crippen LogP contribution in [-0.4, -0.2) is 44.4 Å². The van der Waals surface area contributed by atoms with Crippen molar-refractivity contribution in [3.8, 4) is 0 Å². The monoisotopic (exact) mass is 301 g/mol. The Labute approximate surface area is 130 Å². The maximum Gasteiger partial charge on any atom is 0.227 e. The molecule has 118 valence electrons. The smallest absolute Gasteiger partial charge is 0.227 e. The van der Waals surface area contributed by atoms with Gasteiger partial charge in [0.2, 0.25) is 5.95 Å². The van der Waals surface area contributed by atoms with Crippen molar-refractivity contribution in [3.63, 3.8) is 0 Å². The minimum Gasteiger partial charge on any atom is -0.368 e. The average molecular weight is 301 g/mol. The van der Waals surface area contributed by atoms with E-state index in [0.717, 1.165) is 37.1 Å². The highest BCUT2D eigenvalue weighted by molar-refractivity contribution is 5.43. The number of aryl methyl sites for hydroxylation is 1. The van der Waals surface area contributed by atoms with Crippen LogP contribution < -0.4 is 10.2 Å². The van der Waals surface area contributed by atoms with E-state index in [9.17, 15) is 0 Å². The molecule has 1 N–H and O–H groups in total. The van der Waals surface area contributed by atoms with Gasteiger partial charge in [-0.15, -0.1) is 0 Å². The molecule has 0 bridgehead atoms. The zero-order valence-corrected chi connectivity index (χ0v) is 13.2. The molecular formula is C15H23N7. The minimum atomic E-state index is 0.219. The van der Waals surface area contributed by atoms with E-state index in [-0.39, 0.29) is 6.04 Å². The van der Waals surface area contributed by atoms with E-state index in [2.05, 4.69) is 37.2 Å². The van der Waals surface area contributed by atoms with Crippen LogP contribution in [0.2, 0.25) is 0 Å². The number of anilines is 2. The van der Waals surface area contributed by atoms with Crippen molar-refractivity contribution < 1.29 is 0 Å². The second kappa shape index (κ2) is 6.72. The van der Waals surface area contributed by atoms with E-state index < -0.39 is 0 Å². The Morgan fingerprint density at radius 2 is 2.05 bits per heavy atom. The summed E-state index contributed by atoms with van der Waals surface area (Å²) in [5, 5.41) is 7.55. The Hall–Kier alpha value is -2.18. The third-order valence-corrected chi connectivity index (χ3v) is 3.95. The fraction of sp³-hybridized carbons (Fsp3) is 0.600. The van der Waals surface area contributed by atoms with Crippen molar-refractivity contribution in [2.45, 2.75) is 39.2 Å². The van der Waals surface area contributed by atoms with Gasteiger partial charge in [-0.2, -0.15) is 10.1 Å². The van der Waals surface area contributed by atoms with Gasteiger partial charge in [-0.3, -0.25) is 0 Å². The molecule has 3 heterocycles. The standard InChI is InChI=1S/C15H23N7/c1-12-8-14(17-9-13(2)22-11-16-10-18-22)20-15(19-12)21-6-4-3-5-7-21/h8,10-11,13H,3-7,9H2,1-2H3,(H,17,19,20).